The molecule has 0 saturated heterocycles. The Bertz CT molecular complexity index is 3140. The molecule has 0 radical (unpaired) electrons. The van der Waals surface area contributed by atoms with E-state index in [2.05, 4.69) is 160 Å². The third-order valence-electron chi connectivity index (χ3n) is 13.8. The molecule has 0 amide bonds. The number of aryl methyl sites for hydroxylation is 3. The summed E-state index contributed by atoms with van der Waals surface area (Å²) in [4.78, 5) is 19.0. The summed E-state index contributed by atoms with van der Waals surface area (Å²) in [6.45, 7) is 10.7. The molecule has 0 saturated carbocycles. The molecule has 4 aromatic carbocycles. The van der Waals surface area contributed by atoms with Gasteiger partial charge in [0.25, 0.3) is 0 Å². The van der Waals surface area contributed by atoms with Gasteiger partial charge in [-0.25, -0.2) is 9.97 Å². The fourth-order valence-electron chi connectivity index (χ4n) is 10.4. The topological polar surface area (TPSA) is 107 Å². The minimum atomic E-state index is -1.78. The molecule has 0 fully saturated rings. The van der Waals surface area contributed by atoms with Crippen molar-refractivity contribution in [3.05, 3.63) is 161 Å². The van der Waals surface area contributed by atoms with Crippen molar-refractivity contribution in [1.29, 1.82) is 0 Å². The lowest BCUT2D eigenvalue weighted by atomic mass is 9.71. The molecule has 7 heteroatoms. The van der Waals surface area contributed by atoms with Crippen LogP contribution in [0.1, 0.15) is 118 Å². The first-order valence-corrected chi connectivity index (χ1v) is 24.3. The molecule has 2 aliphatic heterocycles. The van der Waals surface area contributed by atoms with E-state index in [1.807, 2.05) is 18.2 Å². The number of nitrogens with one attached hydrogen (secondary N) is 2. The summed E-state index contributed by atoms with van der Waals surface area (Å²) >= 11 is 0. The van der Waals surface area contributed by atoms with E-state index in [9.17, 15) is 10.2 Å². The molecule has 0 aliphatic carbocycles. The normalized spacial score (nSPS) is 16.7. The van der Waals surface area contributed by atoms with E-state index >= 15 is 0 Å². The number of H-pyrrole nitrogens is 2. The van der Waals surface area contributed by atoms with E-state index in [0.717, 1.165) is 134 Å². The Hall–Kier alpha value is -6.54. The number of hydrogen-bond donors (Lipinski definition) is 4. The first-order chi connectivity index (χ1) is 32.5. The summed E-state index contributed by atoms with van der Waals surface area (Å²) < 4.78 is 5.86. The predicted molar refractivity (Wildman–Crippen MR) is 278 cm³/mol. The quantitative estimate of drug-likeness (QED) is 0.0767. The van der Waals surface area contributed by atoms with Crippen LogP contribution < -0.4 is 4.74 Å². The zero-order chi connectivity index (χ0) is 46.7. The van der Waals surface area contributed by atoms with Gasteiger partial charge in [-0.1, -0.05) is 167 Å². The van der Waals surface area contributed by atoms with Gasteiger partial charge >= 0.3 is 0 Å². The molecule has 2 atom stereocenters. The van der Waals surface area contributed by atoms with Crippen molar-refractivity contribution < 1.29 is 14.9 Å². The van der Waals surface area contributed by atoms with Crippen LogP contribution in [-0.2, 0) is 11.2 Å². The van der Waals surface area contributed by atoms with E-state index in [1.165, 1.54) is 0 Å². The van der Waals surface area contributed by atoms with Gasteiger partial charge in [0, 0.05) is 44.3 Å². The number of fused-ring (bicyclic) bond motifs is 8. The Morgan fingerprint density at radius 2 is 0.851 bits per heavy atom. The van der Waals surface area contributed by atoms with Gasteiger partial charge in [0.05, 0.1) is 29.9 Å². The summed E-state index contributed by atoms with van der Waals surface area (Å²) in [5.41, 5.74) is 12.9. The smallest absolute Gasteiger partial charge is 0.141 e. The van der Waals surface area contributed by atoms with Gasteiger partial charge in [-0.2, -0.15) is 0 Å². The zero-order valence-electron chi connectivity index (χ0n) is 40.0. The van der Waals surface area contributed by atoms with Gasteiger partial charge in [0.2, 0.25) is 0 Å². The first-order valence-electron chi connectivity index (χ1n) is 24.3. The summed E-state index contributed by atoms with van der Waals surface area (Å²) in [6, 6.07) is 42.0. The number of hydrogen-bond acceptors (Lipinski definition) is 5. The molecular weight excluding hydrogens is 825 g/mol. The molecule has 2 aliphatic rings. The molecule has 67 heavy (non-hydrogen) atoms. The third-order valence-corrected chi connectivity index (χ3v) is 13.8. The van der Waals surface area contributed by atoms with Crippen molar-refractivity contribution in [2.75, 3.05) is 7.11 Å². The van der Waals surface area contributed by atoms with Crippen LogP contribution in [0.2, 0.25) is 0 Å². The van der Waals surface area contributed by atoms with Crippen molar-refractivity contribution >= 4 is 34.2 Å². The van der Waals surface area contributed by atoms with Crippen molar-refractivity contribution in [1.82, 2.24) is 19.9 Å². The van der Waals surface area contributed by atoms with Gasteiger partial charge in [0.15, 0.2) is 0 Å². The molecule has 2 unspecified atom stereocenters. The number of benzene rings is 4. The van der Waals surface area contributed by atoms with Gasteiger partial charge in [-0.15, -0.1) is 0 Å². The fourth-order valence-corrected chi connectivity index (χ4v) is 10.4. The maximum Gasteiger partial charge on any atom is 0.141 e. The minimum Gasteiger partial charge on any atom is -0.497 e. The summed E-state index contributed by atoms with van der Waals surface area (Å²) in [5.74, 6) is 0.681. The SMILES string of the molecule is CCCCCCC1(O)c2nc(c(-c3cccc(OC)c3)c3ccc([nH]3)c(-c3cccc(C)c3)c3nc(c(-c4cccc(C)c4)c4ccc([nH]4)c2-c2cccc(C)c2)C=C3)C1(O)CCCCCC. The highest BCUT2D eigenvalue weighted by Gasteiger charge is 2.58. The van der Waals surface area contributed by atoms with E-state index in [-0.39, 0.29) is 0 Å². The molecule has 4 N–H and O–H groups in total. The van der Waals surface area contributed by atoms with Crippen molar-refractivity contribution in [3.63, 3.8) is 0 Å². The van der Waals surface area contributed by atoms with Crippen LogP contribution in [0.4, 0.5) is 0 Å². The highest BCUT2D eigenvalue weighted by atomic mass is 16.5. The molecule has 9 rings (SSSR count). The first kappa shape index (κ1) is 45.6. The molecule has 0 spiro atoms. The summed E-state index contributed by atoms with van der Waals surface area (Å²) in [5, 5.41) is 28.2. The maximum absolute atomic E-state index is 14.1. The monoisotopic (exact) mass is 888 g/mol. The van der Waals surface area contributed by atoms with Crippen LogP contribution in [-0.4, -0.2) is 37.3 Å². The minimum absolute atomic E-state index is 0.323. The number of ether oxygens (including phenoxy) is 1. The van der Waals surface area contributed by atoms with Gasteiger partial charge < -0.3 is 24.9 Å². The molecule has 5 heterocycles. The van der Waals surface area contributed by atoms with Crippen LogP contribution >= 0.6 is 0 Å². The Morgan fingerprint density at radius 3 is 1.25 bits per heavy atom. The Kier molecular flexibility index (Phi) is 13.2. The number of aromatic amines is 2. The van der Waals surface area contributed by atoms with Crippen LogP contribution in [0.5, 0.6) is 5.75 Å². The number of aliphatic hydroxyl groups is 2. The lowest BCUT2D eigenvalue weighted by Gasteiger charge is -2.40. The summed E-state index contributed by atoms with van der Waals surface area (Å²) in [7, 11) is 1.67. The highest BCUT2D eigenvalue weighted by Crippen LogP contribution is 2.55. The number of rotatable bonds is 15. The second-order valence-corrected chi connectivity index (χ2v) is 18.8. The molecule has 7 nitrogen and oxygen atoms in total. The lowest BCUT2D eigenvalue weighted by Crippen LogP contribution is -2.46. The second kappa shape index (κ2) is 19.4. The average molecular weight is 889 g/mol. The lowest BCUT2D eigenvalue weighted by molar-refractivity contribution is -0.167. The van der Waals surface area contributed by atoms with Crippen LogP contribution in [0.25, 0.3) is 78.7 Å². The van der Waals surface area contributed by atoms with Crippen LogP contribution in [0, 0.1) is 20.8 Å². The number of unbranched alkanes of at least 4 members (excludes halogenated alkanes) is 6. The van der Waals surface area contributed by atoms with Gasteiger partial charge in [-0.05, 0) is 104 Å². The maximum atomic E-state index is 14.1. The largest absolute Gasteiger partial charge is 0.497 e. The fraction of sp³-hybridized carbons (Fsp3) is 0.300. The number of methoxy groups -OCH3 is 1. The van der Waals surface area contributed by atoms with Crippen molar-refractivity contribution in [2.45, 2.75) is 110 Å². The van der Waals surface area contributed by atoms with Gasteiger partial charge in [-0.3, -0.25) is 0 Å². The Labute approximate surface area is 395 Å². The number of nitrogens with zero attached hydrogens (tertiary/aromatic N) is 2. The van der Waals surface area contributed by atoms with E-state index in [1.54, 1.807) is 7.11 Å². The standard InChI is InChI=1S/C60H64N4O3/c1-7-9-11-13-33-59(65)57-55(44-24-17-21-41(5)37-44)51-31-29-49(62-51)53(42-22-15-19-39(3)35-42)47-27-28-48(61-47)54(43-23-16-20-40(4)36-43)50-30-32-52(63-50)56(45-25-18-26-46(38-45)67-6)58(64-57)60(59,66)34-14-12-10-8-2/h15-32,35-38,62-63,65-66H,7-14,33-34H2,1-6H3. The van der Waals surface area contributed by atoms with E-state index < -0.39 is 11.2 Å². The second-order valence-electron chi connectivity index (χ2n) is 18.8. The van der Waals surface area contributed by atoms with Crippen molar-refractivity contribution in [2.24, 2.45) is 0 Å². The number of aromatic nitrogens is 4. The predicted octanol–water partition coefficient (Wildman–Crippen LogP) is 15.1. The van der Waals surface area contributed by atoms with Crippen molar-refractivity contribution in [3.8, 4) is 50.3 Å². The third kappa shape index (κ3) is 8.79. The molecular formula is C60H64N4O3. The molecule has 8 bridgehead atoms. The van der Waals surface area contributed by atoms with Crippen LogP contribution in [0.15, 0.2) is 121 Å². The van der Waals surface area contributed by atoms with E-state index in [0.29, 0.717) is 42.0 Å². The highest BCUT2D eigenvalue weighted by molar-refractivity contribution is 5.97. The average Bonchev–Trinajstić information content (AvgIpc) is 4.15. The Balaban J connectivity index is 1.53. The van der Waals surface area contributed by atoms with Crippen LogP contribution in [0.3, 0.4) is 0 Å². The zero-order valence-corrected chi connectivity index (χ0v) is 40.0. The van der Waals surface area contributed by atoms with E-state index in [4.69, 9.17) is 14.7 Å². The molecule has 342 valence electrons. The Morgan fingerprint density at radius 1 is 0.463 bits per heavy atom. The molecule has 3 aromatic heterocycles. The molecule has 7 aromatic rings. The van der Waals surface area contributed by atoms with Gasteiger partial charge in [0.1, 0.15) is 17.0 Å². The summed E-state index contributed by atoms with van der Waals surface area (Å²) in [6.07, 6.45) is 12.3.